The molecule has 0 aliphatic heterocycles. The van der Waals surface area contributed by atoms with Crippen LogP contribution in [0.1, 0.15) is 23.6 Å². The summed E-state index contributed by atoms with van der Waals surface area (Å²) < 4.78 is 10.6. The van der Waals surface area contributed by atoms with Crippen molar-refractivity contribution in [3.8, 4) is 22.3 Å². The van der Waals surface area contributed by atoms with E-state index in [9.17, 15) is 0 Å². The Morgan fingerprint density at radius 2 is 1.77 bits per heavy atom. The van der Waals surface area contributed by atoms with Gasteiger partial charge in [0, 0.05) is 23.6 Å². The van der Waals surface area contributed by atoms with E-state index in [1.165, 1.54) is 33.4 Å². The number of fused-ring (bicyclic) bond motifs is 1. The molecule has 0 aliphatic carbocycles. The number of nitrogens with zero attached hydrogens (tertiary/aromatic N) is 3. The van der Waals surface area contributed by atoms with Crippen LogP contribution in [-0.2, 0) is 6.42 Å². The van der Waals surface area contributed by atoms with Crippen molar-refractivity contribution in [2.45, 2.75) is 27.2 Å². The highest BCUT2D eigenvalue weighted by Gasteiger charge is 2.12. The fourth-order valence-electron chi connectivity index (χ4n) is 3.49. The lowest BCUT2D eigenvalue weighted by molar-refractivity contribution is 0.357. The smallest absolute Gasteiger partial charge is 0.299 e. The van der Waals surface area contributed by atoms with Crippen LogP contribution in [0.3, 0.4) is 0 Å². The first-order chi connectivity index (χ1) is 14.5. The summed E-state index contributed by atoms with van der Waals surface area (Å²) in [6, 6.07) is 19.0. The van der Waals surface area contributed by atoms with Gasteiger partial charge in [-0.25, -0.2) is 0 Å². The Labute approximate surface area is 182 Å². The normalized spacial score (nSPS) is 11.4. The lowest BCUT2D eigenvalue weighted by Gasteiger charge is -2.16. The zero-order chi connectivity index (χ0) is 21.1. The van der Waals surface area contributed by atoms with E-state index in [1.54, 1.807) is 0 Å². The molecule has 0 saturated heterocycles. The molecule has 0 radical (unpaired) electrons. The second-order valence-corrected chi connectivity index (χ2v) is 8.45. The molecular weight excluding hydrogens is 390 g/mol. The van der Waals surface area contributed by atoms with E-state index in [0.717, 1.165) is 36.4 Å². The predicted octanol–water partition coefficient (Wildman–Crippen LogP) is 6.26. The molecule has 1 heterocycles. The van der Waals surface area contributed by atoms with Crippen molar-refractivity contribution in [1.29, 1.82) is 0 Å². The van der Waals surface area contributed by atoms with Gasteiger partial charge < -0.3 is 9.64 Å². The van der Waals surface area contributed by atoms with E-state index in [0.29, 0.717) is 11.0 Å². The number of aromatic nitrogens is 2. The van der Waals surface area contributed by atoms with Crippen molar-refractivity contribution < 1.29 is 4.74 Å². The van der Waals surface area contributed by atoms with Crippen molar-refractivity contribution in [3.05, 3.63) is 71.3 Å². The Morgan fingerprint density at radius 3 is 2.57 bits per heavy atom. The van der Waals surface area contributed by atoms with E-state index in [1.807, 2.05) is 12.1 Å². The first-order valence-electron chi connectivity index (χ1n) is 10.3. The van der Waals surface area contributed by atoms with Crippen LogP contribution in [0, 0.1) is 13.8 Å². The molecule has 0 spiro atoms. The molecule has 30 heavy (non-hydrogen) atoms. The number of hydrogen-bond donors (Lipinski definition) is 0. The molecule has 0 atom stereocenters. The highest BCUT2D eigenvalue weighted by molar-refractivity contribution is 7.07. The second kappa shape index (κ2) is 8.94. The van der Waals surface area contributed by atoms with Crippen LogP contribution < -0.4 is 4.74 Å². The molecule has 4 rings (SSSR count). The average Bonchev–Trinajstić information content (AvgIpc) is 3.23. The fourth-order valence-corrected chi connectivity index (χ4v) is 4.05. The van der Waals surface area contributed by atoms with E-state index < -0.39 is 0 Å². The third kappa shape index (κ3) is 4.53. The summed E-state index contributed by atoms with van der Waals surface area (Å²) in [7, 11) is 2.16. The third-order valence-corrected chi connectivity index (χ3v) is 6.14. The van der Waals surface area contributed by atoms with Crippen molar-refractivity contribution in [3.63, 3.8) is 0 Å². The molecule has 0 amide bonds. The average molecular weight is 418 g/mol. The maximum Gasteiger partial charge on any atom is 0.299 e. The number of hydrogen-bond acceptors (Lipinski definition) is 5. The minimum Gasteiger partial charge on any atom is -0.430 e. The molecule has 1 aromatic heterocycles. The molecule has 0 aliphatic rings. The molecule has 3 aromatic carbocycles. The quantitative estimate of drug-likeness (QED) is 0.356. The van der Waals surface area contributed by atoms with Crippen LogP contribution in [0.15, 0.2) is 54.6 Å². The molecule has 0 saturated carbocycles. The van der Waals surface area contributed by atoms with E-state index in [4.69, 9.17) is 4.74 Å². The first kappa shape index (κ1) is 20.5. The highest BCUT2D eigenvalue weighted by Crippen LogP contribution is 2.32. The van der Waals surface area contributed by atoms with Gasteiger partial charge in [-0.1, -0.05) is 49.4 Å². The topological polar surface area (TPSA) is 38.2 Å². The number of ether oxygens (including phenoxy) is 1. The molecular formula is C25H27N3OS. The van der Waals surface area contributed by atoms with Crippen molar-refractivity contribution in [1.82, 2.24) is 14.3 Å². The molecule has 0 bridgehead atoms. The lowest BCUT2D eigenvalue weighted by atomic mass is 10.0. The summed E-state index contributed by atoms with van der Waals surface area (Å²) >= 11 is 1.29. The summed E-state index contributed by atoms with van der Waals surface area (Å²) in [6.07, 6.45) is 1.04. The zero-order valence-electron chi connectivity index (χ0n) is 18.0. The van der Waals surface area contributed by atoms with Gasteiger partial charge in [-0.05, 0) is 73.5 Å². The minimum atomic E-state index is 0.569. The molecule has 0 unspecified atom stereocenters. The maximum atomic E-state index is 6.12. The van der Waals surface area contributed by atoms with Gasteiger partial charge in [0.15, 0.2) is 5.82 Å². The number of likely N-dealkylation sites (N-methyl/N-ethyl adjacent to an activating group) is 1. The third-order valence-electron chi connectivity index (χ3n) is 5.55. The van der Waals surface area contributed by atoms with Gasteiger partial charge in [0.25, 0.3) is 5.19 Å². The molecule has 4 aromatic rings. The van der Waals surface area contributed by atoms with Crippen molar-refractivity contribution in [2.75, 3.05) is 20.1 Å². The van der Waals surface area contributed by atoms with Crippen molar-refractivity contribution in [2.24, 2.45) is 0 Å². The van der Waals surface area contributed by atoms with Crippen LogP contribution in [-0.4, -0.2) is 34.4 Å². The summed E-state index contributed by atoms with van der Waals surface area (Å²) in [5.74, 6) is 1.55. The fraction of sp³-hybridized carbons (Fsp3) is 0.280. The number of benzene rings is 3. The van der Waals surface area contributed by atoms with Crippen molar-refractivity contribution >= 4 is 22.3 Å². The Balaban J connectivity index is 1.52. The van der Waals surface area contributed by atoms with Crippen LogP contribution >= 0.6 is 11.5 Å². The summed E-state index contributed by atoms with van der Waals surface area (Å²) in [6.45, 7) is 8.54. The first-order valence-corrected chi connectivity index (χ1v) is 11.1. The highest BCUT2D eigenvalue weighted by atomic mass is 32.1. The van der Waals surface area contributed by atoms with Crippen LogP contribution in [0.5, 0.6) is 10.9 Å². The Morgan fingerprint density at radius 1 is 0.967 bits per heavy atom. The lowest BCUT2D eigenvalue weighted by Crippen LogP contribution is -2.20. The Hall–Kier alpha value is -2.76. The van der Waals surface area contributed by atoms with Gasteiger partial charge in [0.1, 0.15) is 5.75 Å². The van der Waals surface area contributed by atoms with E-state index >= 15 is 0 Å². The SMILES string of the molecule is CCN(C)CCc1cc(C)c(Oc2nc(-c3ccc4ccccc4c3)ns2)cc1C. The van der Waals surface area contributed by atoms with Gasteiger partial charge in [-0.2, -0.15) is 9.36 Å². The van der Waals surface area contributed by atoms with Crippen LogP contribution in [0.4, 0.5) is 0 Å². The van der Waals surface area contributed by atoms with Crippen LogP contribution in [0.2, 0.25) is 0 Å². The summed E-state index contributed by atoms with van der Waals surface area (Å²) in [5, 5.41) is 2.96. The molecule has 4 nitrogen and oxygen atoms in total. The Bertz CT molecular complexity index is 1170. The zero-order valence-corrected chi connectivity index (χ0v) is 18.8. The van der Waals surface area contributed by atoms with Gasteiger partial charge in [0.05, 0.1) is 0 Å². The molecule has 0 N–H and O–H groups in total. The van der Waals surface area contributed by atoms with E-state index in [-0.39, 0.29) is 0 Å². The summed E-state index contributed by atoms with van der Waals surface area (Å²) in [5.41, 5.74) is 4.74. The monoisotopic (exact) mass is 417 g/mol. The van der Waals surface area contributed by atoms with Gasteiger partial charge >= 0.3 is 0 Å². The maximum absolute atomic E-state index is 6.12. The van der Waals surface area contributed by atoms with Gasteiger partial charge in [0.2, 0.25) is 0 Å². The standard InChI is InChI=1S/C25H27N3OS/c1-5-28(4)13-12-20-14-18(3)23(15-17(20)2)29-25-26-24(27-30-25)22-11-10-19-8-6-7-9-21(19)16-22/h6-11,14-16H,5,12-13H2,1-4H3. The molecule has 0 fully saturated rings. The van der Waals surface area contributed by atoms with Crippen LogP contribution in [0.25, 0.3) is 22.2 Å². The summed E-state index contributed by atoms with van der Waals surface area (Å²) in [4.78, 5) is 6.95. The molecule has 154 valence electrons. The largest absolute Gasteiger partial charge is 0.430 e. The van der Waals surface area contributed by atoms with Gasteiger partial charge in [-0.15, -0.1) is 0 Å². The number of rotatable bonds is 7. The molecule has 5 heteroatoms. The second-order valence-electron chi connectivity index (χ2n) is 7.74. The Kier molecular flexibility index (Phi) is 6.11. The van der Waals surface area contributed by atoms with Gasteiger partial charge in [-0.3, -0.25) is 0 Å². The predicted molar refractivity (Wildman–Crippen MR) is 126 cm³/mol. The minimum absolute atomic E-state index is 0.569. The number of aryl methyl sites for hydroxylation is 2. The van der Waals surface area contributed by atoms with E-state index in [2.05, 4.69) is 84.5 Å².